The average Bonchev–Trinajstić information content (AvgIpc) is 2.44. The number of hydrogen-bond donors (Lipinski definition) is 0. The molecule has 0 aliphatic heterocycles. The van der Waals surface area contributed by atoms with Gasteiger partial charge in [-0.05, 0) is 39.0 Å². The molecule has 4 nitrogen and oxygen atoms in total. The molecular formula is C14H26N2O2. The average molecular weight is 254 g/mol. The molecular weight excluding hydrogens is 228 g/mol. The van der Waals surface area contributed by atoms with Gasteiger partial charge in [0.25, 0.3) is 12.5 Å². The fourth-order valence-corrected chi connectivity index (χ4v) is 1.89. The summed E-state index contributed by atoms with van der Waals surface area (Å²) in [5, 5.41) is 16.0. The highest BCUT2D eigenvalue weighted by Crippen LogP contribution is 2.33. The van der Waals surface area contributed by atoms with E-state index in [1.807, 2.05) is 20.1 Å². The lowest BCUT2D eigenvalue weighted by Crippen LogP contribution is -2.32. The Morgan fingerprint density at radius 2 is 1.56 bits per heavy atom. The lowest BCUT2D eigenvalue weighted by atomic mass is 9.83. The fourth-order valence-electron chi connectivity index (χ4n) is 1.89. The van der Waals surface area contributed by atoms with Gasteiger partial charge in [-0.25, -0.2) is 0 Å². The van der Waals surface area contributed by atoms with Gasteiger partial charge >= 0.3 is 0 Å². The molecule has 4 heteroatoms. The van der Waals surface area contributed by atoms with Gasteiger partial charge in [0.05, 0.1) is 6.61 Å². The van der Waals surface area contributed by atoms with Crippen LogP contribution in [0.1, 0.15) is 66.2 Å². The van der Waals surface area contributed by atoms with Crippen molar-refractivity contribution in [3.8, 4) is 12.5 Å². The van der Waals surface area contributed by atoms with E-state index in [-0.39, 0.29) is 5.60 Å². The van der Waals surface area contributed by atoms with E-state index < -0.39 is 0 Å². The van der Waals surface area contributed by atoms with Crippen molar-refractivity contribution in [3.63, 3.8) is 0 Å². The Morgan fingerprint density at radius 1 is 1.00 bits per heavy atom. The van der Waals surface area contributed by atoms with Gasteiger partial charge in [0.1, 0.15) is 5.60 Å². The van der Waals surface area contributed by atoms with Crippen LogP contribution in [0, 0.1) is 23.0 Å². The summed E-state index contributed by atoms with van der Waals surface area (Å²) < 4.78 is 9.26. The Bertz CT molecular complexity index is 248. The number of ether oxygens (including phenoxy) is 2. The third-order valence-corrected chi connectivity index (χ3v) is 2.88. The first-order valence-corrected chi connectivity index (χ1v) is 6.82. The predicted molar refractivity (Wildman–Crippen MR) is 71.4 cm³/mol. The van der Waals surface area contributed by atoms with Crippen LogP contribution in [0.25, 0.3) is 0 Å². The Balaban J connectivity index is 0. The van der Waals surface area contributed by atoms with Gasteiger partial charge in [-0.15, -0.1) is 0 Å². The monoisotopic (exact) mass is 254 g/mol. The van der Waals surface area contributed by atoms with E-state index in [2.05, 4.69) is 11.7 Å². The molecule has 1 saturated carbocycles. The summed E-state index contributed by atoms with van der Waals surface area (Å²) in [6.45, 7) is 8.35. The van der Waals surface area contributed by atoms with Gasteiger partial charge in [-0.1, -0.05) is 27.2 Å². The molecule has 0 atom stereocenters. The lowest BCUT2D eigenvalue weighted by molar-refractivity contribution is -0.00311. The van der Waals surface area contributed by atoms with Crippen LogP contribution in [0.2, 0.25) is 0 Å². The Hall–Kier alpha value is -1.42. The summed E-state index contributed by atoms with van der Waals surface area (Å²) in [6.07, 6.45) is 10.2. The number of nitrogens with zero attached hydrogens (tertiary/aromatic N) is 2. The van der Waals surface area contributed by atoms with E-state index in [4.69, 9.17) is 15.3 Å². The minimum atomic E-state index is -0.0903. The van der Waals surface area contributed by atoms with E-state index in [9.17, 15) is 0 Å². The molecule has 1 rings (SSSR count). The van der Waals surface area contributed by atoms with E-state index in [1.54, 1.807) is 6.92 Å². The number of hydrogen-bond acceptors (Lipinski definition) is 4. The third-order valence-electron chi connectivity index (χ3n) is 2.88. The standard InChI is InChI=1S/C9H15NO.C3H5NO.C2H6/c1-2-9(11-8-10)6-4-3-5-7-9;1-2-5-3-4;1-2/h2-7H2,1H3;2H2,1H3;1-2H3. The molecule has 0 heterocycles. The first kappa shape index (κ1) is 18.9. The first-order chi connectivity index (χ1) is 8.74. The lowest BCUT2D eigenvalue weighted by Gasteiger charge is -2.33. The molecule has 0 N–H and O–H groups in total. The third kappa shape index (κ3) is 8.70. The molecule has 1 aliphatic carbocycles. The Morgan fingerprint density at radius 3 is 1.83 bits per heavy atom. The van der Waals surface area contributed by atoms with Crippen LogP contribution >= 0.6 is 0 Å². The quantitative estimate of drug-likeness (QED) is 0.710. The van der Waals surface area contributed by atoms with Crippen LogP contribution in [0.5, 0.6) is 0 Å². The van der Waals surface area contributed by atoms with Crippen molar-refractivity contribution in [2.75, 3.05) is 6.61 Å². The summed E-state index contributed by atoms with van der Waals surface area (Å²) in [6, 6.07) is 0. The zero-order valence-corrected chi connectivity index (χ0v) is 12.2. The normalized spacial score (nSPS) is 15.4. The first-order valence-electron chi connectivity index (χ1n) is 6.82. The van der Waals surface area contributed by atoms with Gasteiger partial charge in [0.15, 0.2) is 0 Å². The molecule has 0 spiro atoms. The molecule has 0 amide bonds. The molecule has 104 valence electrons. The van der Waals surface area contributed by atoms with Crippen LogP contribution in [0.15, 0.2) is 0 Å². The number of nitriles is 2. The van der Waals surface area contributed by atoms with Gasteiger partial charge in [0.2, 0.25) is 0 Å². The van der Waals surface area contributed by atoms with E-state index >= 15 is 0 Å². The minimum Gasteiger partial charge on any atom is -0.428 e. The van der Waals surface area contributed by atoms with Crippen molar-refractivity contribution in [3.05, 3.63) is 0 Å². The fraction of sp³-hybridized carbons (Fsp3) is 0.857. The maximum Gasteiger partial charge on any atom is 0.286 e. The summed E-state index contributed by atoms with van der Waals surface area (Å²) in [5.41, 5.74) is -0.0903. The van der Waals surface area contributed by atoms with E-state index in [0.717, 1.165) is 19.3 Å². The smallest absolute Gasteiger partial charge is 0.286 e. The second-order valence-corrected chi connectivity index (χ2v) is 3.81. The van der Waals surface area contributed by atoms with Gasteiger partial charge in [0, 0.05) is 0 Å². The molecule has 1 fully saturated rings. The second kappa shape index (κ2) is 13.6. The van der Waals surface area contributed by atoms with Crippen LogP contribution in [0.3, 0.4) is 0 Å². The summed E-state index contributed by atoms with van der Waals surface area (Å²) in [5.74, 6) is 0. The van der Waals surface area contributed by atoms with Gasteiger partial charge < -0.3 is 9.47 Å². The van der Waals surface area contributed by atoms with Gasteiger partial charge in [-0.3, -0.25) is 0 Å². The topological polar surface area (TPSA) is 66.0 Å². The highest BCUT2D eigenvalue weighted by atomic mass is 16.5. The van der Waals surface area contributed by atoms with Crippen LogP contribution in [0.4, 0.5) is 0 Å². The predicted octanol–water partition coefficient (Wildman–Crippen LogP) is 4.13. The summed E-state index contributed by atoms with van der Waals surface area (Å²) in [7, 11) is 0. The van der Waals surface area contributed by atoms with Crippen molar-refractivity contribution in [1.29, 1.82) is 10.5 Å². The molecule has 0 unspecified atom stereocenters. The van der Waals surface area contributed by atoms with Gasteiger partial charge in [-0.2, -0.15) is 10.5 Å². The molecule has 0 aromatic carbocycles. The molecule has 0 bridgehead atoms. The van der Waals surface area contributed by atoms with Crippen molar-refractivity contribution in [1.82, 2.24) is 0 Å². The largest absolute Gasteiger partial charge is 0.428 e. The molecule has 0 saturated heterocycles. The summed E-state index contributed by atoms with van der Waals surface area (Å²) >= 11 is 0. The maximum absolute atomic E-state index is 8.44. The Kier molecular flexibility index (Phi) is 14.4. The maximum atomic E-state index is 8.44. The zero-order chi connectivity index (χ0) is 14.3. The van der Waals surface area contributed by atoms with Crippen molar-refractivity contribution in [2.45, 2.75) is 71.8 Å². The molecule has 0 aromatic rings. The highest BCUT2D eigenvalue weighted by Gasteiger charge is 2.31. The zero-order valence-electron chi connectivity index (χ0n) is 12.2. The summed E-state index contributed by atoms with van der Waals surface area (Å²) in [4.78, 5) is 0. The SMILES string of the molecule is CC.CCC1(OC#N)CCCCC1.CCOC#N. The minimum absolute atomic E-state index is 0.0903. The second-order valence-electron chi connectivity index (χ2n) is 3.81. The van der Waals surface area contributed by atoms with E-state index in [0.29, 0.717) is 6.61 Å². The van der Waals surface area contributed by atoms with Crippen molar-refractivity contribution in [2.24, 2.45) is 0 Å². The van der Waals surface area contributed by atoms with Crippen LogP contribution < -0.4 is 0 Å². The van der Waals surface area contributed by atoms with Crippen molar-refractivity contribution >= 4 is 0 Å². The van der Waals surface area contributed by atoms with Crippen molar-refractivity contribution < 1.29 is 9.47 Å². The molecule has 18 heavy (non-hydrogen) atoms. The Labute approximate surface area is 112 Å². The van der Waals surface area contributed by atoms with E-state index in [1.165, 1.54) is 25.5 Å². The molecule has 0 aromatic heterocycles. The molecule has 0 radical (unpaired) electrons. The molecule has 1 aliphatic rings. The van der Waals surface area contributed by atoms with Crippen LogP contribution in [-0.4, -0.2) is 12.2 Å². The number of rotatable bonds is 3. The van der Waals surface area contributed by atoms with Crippen LogP contribution in [-0.2, 0) is 9.47 Å². The highest BCUT2D eigenvalue weighted by molar-refractivity contribution is 4.85.